The third kappa shape index (κ3) is 23.0. The summed E-state index contributed by atoms with van der Waals surface area (Å²) in [6, 6.07) is 0. The molecule has 23 nitrogen and oxygen atoms in total. The quantitative estimate of drug-likeness (QED) is 0.0626. The van der Waals surface area contributed by atoms with E-state index in [0.717, 1.165) is 0 Å². The highest BCUT2D eigenvalue weighted by Gasteiger charge is 2.58. The van der Waals surface area contributed by atoms with Crippen LogP contribution in [0.2, 0.25) is 0 Å². The van der Waals surface area contributed by atoms with Crippen LogP contribution in [-0.4, -0.2) is 258 Å². The van der Waals surface area contributed by atoms with E-state index in [2.05, 4.69) is 312 Å². The van der Waals surface area contributed by atoms with Gasteiger partial charge >= 0.3 is 47.8 Å². The zero-order chi connectivity index (χ0) is 90.6. The number of ether oxygens (including phenoxy) is 8. The Hall–Kier alpha value is -4.52. The average molecular weight is 1670 g/mol. The van der Waals surface area contributed by atoms with Gasteiger partial charge in [0.1, 0.15) is 48.8 Å². The van der Waals surface area contributed by atoms with Gasteiger partial charge in [0.2, 0.25) is 0 Å². The number of hydrogen-bond acceptors (Lipinski definition) is 23. The lowest BCUT2D eigenvalue weighted by atomic mass is 9.57. The number of hydrogen-bond donors (Lipinski definition) is 0. The topological polar surface area (TPSA) is 233 Å². The maximum Gasteiger partial charge on any atom is 0.322 e. The van der Waals surface area contributed by atoms with Gasteiger partial charge in [-0.2, -0.15) is 0 Å². The molecule has 7 heterocycles. The number of piperidine rings is 7. The molecule has 0 aromatic carbocycles. The molecule has 0 amide bonds. The second-order valence-electron chi connectivity index (χ2n) is 48.4. The molecule has 8 fully saturated rings. The average Bonchev–Trinajstić information content (AvgIpc) is 0.795. The summed E-state index contributed by atoms with van der Waals surface area (Å²) in [7, 11) is 14.5. The van der Waals surface area contributed by atoms with Crippen molar-refractivity contribution >= 4 is 47.8 Å². The van der Waals surface area contributed by atoms with Crippen molar-refractivity contribution in [2.75, 3.05) is 49.3 Å². The van der Waals surface area contributed by atoms with Gasteiger partial charge in [0.05, 0.1) is 24.7 Å². The van der Waals surface area contributed by atoms with E-state index in [1.807, 2.05) is 0 Å². The maximum atomic E-state index is 14.9. The predicted octanol–water partition coefficient (Wildman–Crippen LogP) is 16.0. The third-order valence-corrected chi connectivity index (χ3v) is 32.3. The normalized spacial score (nSPS) is 29.0. The van der Waals surface area contributed by atoms with Gasteiger partial charge in [0.25, 0.3) is 0 Å². The summed E-state index contributed by atoms with van der Waals surface area (Å²) in [5.41, 5.74) is -4.53. The highest BCUT2D eigenvalue weighted by molar-refractivity contribution is 6.08. The molecule has 7 saturated heterocycles. The molecule has 0 aromatic heterocycles. The zero-order valence-corrected chi connectivity index (χ0v) is 81.9. The van der Waals surface area contributed by atoms with Gasteiger partial charge in [-0.05, 0) is 273 Å². The molecule has 0 aromatic rings. The number of carbonyl (C=O) groups excluding carboxylic acids is 8. The van der Waals surface area contributed by atoms with Crippen LogP contribution in [0.3, 0.4) is 0 Å². The predicted molar refractivity (Wildman–Crippen MR) is 464 cm³/mol. The molecule has 1 saturated carbocycles. The van der Waals surface area contributed by atoms with E-state index in [1.54, 1.807) is 0 Å². The lowest BCUT2D eigenvalue weighted by molar-refractivity contribution is -0.195. The van der Waals surface area contributed by atoms with E-state index < -0.39 is 133 Å². The van der Waals surface area contributed by atoms with Crippen molar-refractivity contribution in [3.05, 3.63) is 0 Å². The second-order valence-corrected chi connectivity index (χ2v) is 48.4. The largest absolute Gasteiger partial charge is 0.462 e. The Labute approximate surface area is 715 Å². The Balaban J connectivity index is 0.000000326. The molecule has 7 aliphatic heterocycles. The van der Waals surface area contributed by atoms with Crippen LogP contribution < -0.4 is 0 Å². The number of carbonyl (C=O) groups is 8. The smallest absolute Gasteiger partial charge is 0.322 e. The number of rotatable bonds is 20. The van der Waals surface area contributed by atoms with Crippen LogP contribution in [0.5, 0.6) is 0 Å². The molecule has 1 aliphatic carbocycles. The molecule has 0 bridgehead atoms. The molecule has 0 radical (unpaired) electrons. The van der Waals surface area contributed by atoms with Gasteiger partial charge in [0, 0.05) is 167 Å². The molecule has 23 heteroatoms. The fourth-order valence-electron chi connectivity index (χ4n) is 23.1. The van der Waals surface area contributed by atoms with E-state index in [4.69, 9.17) is 37.9 Å². The van der Waals surface area contributed by atoms with Crippen molar-refractivity contribution in [1.82, 2.24) is 34.3 Å². The summed E-state index contributed by atoms with van der Waals surface area (Å²) in [6.07, 6.45) is 3.97. The van der Waals surface area contributed by atoms with Crippen molar-refractivity contribution in [3.8, 4) is 0 Å². The van der Waals surface area contributed by atoms with Gasteiger partial charge < -0.3 is 37.9 Å². The van der Waals surface area contributed by atoms with Gasteiger partial charge in [-0.25, -0.2) is 0 Å². The molecule has 2 atom stereocenters. The minimum absolute atomic E-state index is 0.125. The molecular formula is C95H169N7O16. The molecule has 8 rings (SSSR count). The Kier molecular flexibility index (Phi) is 29.3. The van der Waals surface area contributed by atoms with Crippen LogP contribution in [0, 0.1) is 40.4 Å². The first-order chi connectivity index (χ1) is 52.9. The summed E-state index contributed by atoms with van der Waals surface area (Å²) < 4.78 is 50.5. The maximum absolute atomic E-state index is 14.9. The van der Waals surface area contributed by atoms with Crippen LogP contribution in [0.1, 0.15) is 344 Å². The summed E-state index contributed by atoms with van der Waals surface area (Å²) in [6.45, 7) is 70.2. The van der Waals surface area contributed by atoms with E-state index in [-0.39, 0.29) is 88.4 Å². The van der Waals surface area contributed by atoms with Gasteiger partial charge in [-0.3, -0.25) is 72.7 Å². The molecular weight excluding hydrogens is 1500 g/mol. The molecule has 2 unspecified atom stereocenters. The van der Waals surface area contributed by atoms with Crippen molar-refractivity contribution < 1.29 is 76.3 Å². The third-order valence-electron chi connectivity index (χ3n) is 32.3. The molecule has 8 aliphatic rings. The monoisotopic (exact) mass is 1660 g/mol. The lowest BCUT2D eigenvalue weighted by Crippen LogP contribution is -2.62. The fraction of sp³-hybridized carbons (Fsp3) is 0.916. The van der Waals surface area contributed by atoms with E-state index in [1.165, 1.54) is 0 Å². The molecule has 680 valence electrons. The zero-order valence-electron chi connectivity index (χ0n) is 81.9. The Morgan fingerprint density at radius 1 is 0.220 bits per heavy atom. The standard InChI is InChI=1S/C49H87N3O8.C46H82N4O8/c1-31-42(2,3)23-32(24-43(31,4)5)59-40(55)36(21-38(53)57-33-25-44(6,7)50(18)45(8,9)26-33)37(41(56)60-35-29-48(14,15)52(20)49(16,17)30-35)22-39(54)58-34-27-46(10,11)51(19)47(12,13)28-34;1-39(2)21-29(22-40(3,4)47(39)17)55-35(51)33(36(52)56-30-23-41(5,6)48(18)42(7,8)24-30)34(37(53)57-31-25-43(9,10)49(19)44(11,12)26-31)38(54)58-32-27-45(13,14)50(20)46(15,16)28-32/h31-37H,21-30H2,1-20H3;29-34H,21-28H2,1-20H3. The van der Waals surface area contributed by atoms with Crippen molar-refractivity contribution in [1.29, 1.82) is 0 Å². The first-order valence-electron chi connectivity index (χ1n) is 44.7. The van der Waals surface area contributed by atoms with Crippen LogP contribution in [0.4, 0.5) is 0 Å². The van der Waals surface area contributed by atoms with Crippen LogP contribution >= 0.6 is 0 Å². The Bertz CT molecular complexity index is 3130. The Morgan fingerprint density at radius 3 is 0.500 bits per heavy atom. The highest BCUT2D eigenvalue weighted by Crippen LogP contribution is 2.53. The van der Waals surface area contributed by atoms with Crippen LogP contribution in [0.25, 0.3) is 0 Å². The van der Waals surface area contributed by atoms with Gasteiger partial charge in [-0.15, -0.1) is 0 Å². The molecule has 0 N–H and O–H groups in total. The summed E-state index contributed by atoms with van der Waals surface area (Å²) in [5.74, 6) is -12.6. The SMILES string of the molecule is CC1C(C)(C)CC(OC(=O)C(CC(=O)OC2CC(C)(C)N(C)C(C)(C)C2)C(CC(=O)OC2CC(C)(C)N(C)C(C)(C)C2)C(=O)OC2CC(C)(C)N(C)C(C)(C)C2)CC1(C)C.CN1C(C)(C)CC(OC(=O)C(C(=O)OC2CC(C)(C)N(C)C(C)(C)C2)C(C(=O)OC2CC(C)(C)N(C)C(C)(C)C2)C(=O)OC2CC(C)(C)N(C)C(C)(C)C2)CC1(C)C. The van der Waals surface area contributed by atoms with E-state index >= 15 is 0 Å². The summed E-state index contributed by atoms with van der Waals surface area (Å²) >= 11 is 0. The molecule has 0 spiro atoms. The van der Waals surface area contributed by atoms with Crippen molar-refractivity contribution in [2.45, 2.75) is 470 Å². The first-order valence-corrected chi connectivity index (χ1v) is 44.7. The summed E-state index contributed by atoms with van der Waals surface area (Å²) in [5, 5.41) is 0. The number of nitrogens with zero attached hydrogens (tertiary/aromatic N) is 7. The second kappa shape index (κ2) is 34.4. The van der Waals surface area contributed by atoms with Crippen molar-refractivity contribution in [2.24, 2.45) is 40.4 Å². The summed E-state index contributed by atoms with van der Waals surface area (Å²) in [4.78, 5) is 134. The minimum atomic E-state index is -1.93. The van der Waals surface area contributed by atoms with Gasteiger partial charge in [0.15, 0.2) is 11.8 Å². The number of likely N-dealkylation sites (tertiary alicyclic amines) is 7. The fourth-order valence-corrected chi connectivity index (χ4v) is 23.1. The molecule has 118 heavy (non-hydrogen) atoms. The first kappa shape index (κ1) is 101. The van der Waals surface area contributed by atoms with Crippen LogP contribution in [-0.2, 0) is 76.3 Å². The highest BCUT2D eigenvalue weighted by atomic mass is 16.6. The van der Waals surface area contributed by atoms with Crippen molar-refractivity contribution in [3.63, 3.8) is 0 Å². The lowest BCUT2D eigenvalue weighted by Gasteiger charge is -2.53. The Morgan fingerprint density at radius 2 is 0.347 bits per heavy atom. The van der Waals surface area contributed by atoms with E-state index in [9.17, 15) is 38.4 Å². The van der Waals surface area contributed by atoms with E-state index in [0.29, 0.717) is 109 Å². The van der Waals surface area contributed by atoms with Gasteiger partial charge in [-0.1, -0.05) is 34.6 Å². The van der Waals surface area contributed by atoms with Crippen LogP contribution in [0.15, 0.2) is 0 Å². The number of esters is 8. The minimum Gasteiger partial charge on any atom is -0.462 e.